The molecule has 1 aliphatic heterocycles. The number of halogens is 2. The number of oxazole rings is 1. The van der Waals surface area contributed by atoms with Crippen molar-refractivity contribution in [2.45, 2.75) is 45.6 Å². The zero-order valence-electron chi connectivity index (χ0n) is 15.9. The van der Waals surface area contributed by atoms with E-state index in [1.165, 1.54) is 5.56 Å². The molecule has 0 aliphatic carbocycles. The standard InChI is InChI=1S/C20H27N3O2.2ClH/c1-14-5-7-16(8-6-14)18-12-22-19(25-18)9-10-20(24)23-11-3-4-17(13-23)15(2)21;;/h5-8,12,15,17H,3-4,9-11,13,21H2,1-2H3;2*1H. The smallest absolute Gasteiger partial charge is 0.223 e. The van der Waals surface area contributed by atoms with E-state index in [0.717, 1.165) is 37.3 Å². The highest BCUT2D eigenvalue weighted by atomic mass is 35.5. The van der Waals surface area contributed by atoms with Crippen LogP contribution in [0.2, 0.25) is 0 Å². The Morgan fingerprint density at radius 3 is 2.70 bits per heavy atom. The molecule has 1 aromatic carbocycles. The minimum atomic E-state index is 0. The summed E-state index contributed by atoms with van der Waals surface area (Å²) in [4.78, 5) is 18.7. The van der Waals surface area contributed by atoms with E-state index in [2.05, 4.69) is 11.9 Å². The molecule has 27 heavy (non-hydrogen) atoms. The number of hydrogen-bond donors (Lipinski definition) is 1. The fraction of sp³-hybridized carbons (Fsp3) is 0.500. The van der Waals surface area contributed by atoms with Crippen LogP contribution in [0.5, 0.6) is 0 Å². The van der Waals surface area contributed by atoms with Crippen molar-refractivity contribution >= 4 is 30.7 Å². The maximum Gasteiger partial charge on any atom is 0.223 e. The molecule has 0 spiro atoms. The maximum absolute atomic E-state index is 12.5. The molecule has 2 atom stereocenters. The SMILES string of the molecule is Cc1ccc(-c2cnc(CCC(=O)N3CCCC(C(C)N)C3)o2)cc1.Cl.Cl. The normalized spacial score (nSPS) is 17.6. The molecule has 2 unspecified atom stereocenters. The third-order valence-electron chi connectivity index (χ3n) is 5.00. The van der Waals surface area contributed by atoms with Gasteiger partial charge in [0, 0.05) is 37.5 Å². The lowest BCUT2D eigenvalue weighted by Gasteiger charge is -2.34. The van der Waals surface area contributed by atoms with Gasteiger partial charge in [0.1, 0.15) is 0 Å². The summed E-state index contributed by atoms with van der Waals surface area (Å²) in [5.41, 5.74) is 8.21. The molecular weight excluding hydrogens is 385 g/mol. The molecule has 1 fully saturated rings. The Hall–Kier alpha value is -1.56. The van der Waals surface area contributed by atoms with Gasteiger partial charge in [-0.25, -0.2) is 4.98 Å². The lowest BCUT2D eigenvalue weighted by Crippen LogP contribution is -2.45. The van der Waals surface area contributed by atoms with Gasteiger partial charge in [-0.05, 0) is 32.6 Å². The number of aromatic nitrogens is 1. The van der Waals surface area contributed by atoms with Gasteiger partial charge in [-0.1, -0.05) is 29.8 Å². The molecule has 0 saturated carbocycles. The first kappa shape index (κ1) is 23.5. The Labute approximate surface area is 173 Å². The van der Waals surface area contributed by atoms with E-state index in [1.54, 1.807) is 6.20 Å². The van der Waals surface area contributed by atoms with Crippen molar-refractivity contribution in [2.75, 3.05) is 13.1 Å². The summed E-state index contributed by atoms with van der Waals surface area (Å²) in [7, 11) is 0. The van der Waals surface area contributed by atoms with Gasteiger partial charge < -0.3 is 15.1 Å². The first-order chi connectivity index (χ1) is 12.0. The van der Waals surface area contributed by atoms with Crippen LogP contribution in [-0.4, -0.2) is 34.9 Å². The number of nitrogens with zero attached hydrogens (tertiary/aromatic N) is 2. The van der Waals surface area contributed by atoms with E-state index >= 15 is 0 Å². The van der Waals surface area contributed by atoms with E-state index in [-0.39, 0.29) is 36.8 Å². The van der Waals surface area contributed by atoms with Crippen molar-refractivity contribution in [3.63, 3.8) is 0 Å². The van der Waals surface area contributed by atoms with Crippen LogP contribution in [-0.2, 0) is 11.2 Å². The van der Waals surface area contributed by atoms with E-state index < -0.39 is 0 Å². The van der Waals surface area contributed by atoms with Crippen molar-refractivity contribution in [1.82, 2.24) is 9.88 Å². The number of likely N-dealkylation sites (tertiary alicyclic amines) is 1. The summed E-state index contributed by atoms with van der Waals surface area (Å²) in [5.74, 6) is 1.94. The highest BCUT2D eigenvalue weighted by Crippen LogP contribution is 2.22. The second-order valence-electron chi connectivity index (χ2n) is 7.09. The van der Waals surface area contributed by atoms with Crippen LogP contribution in [0.3, 0.4) is 0 Å². The average Bonchev–Trinajstić information content (AvgIpc) is 3.09. The molecule has 0 radical (unpaired) electrons. The molecule has 1 saturated heterocycles. The van der Waals surface area contributed by atoms with Crippen LogP contribution in [0.25, 0.3) is 11.3 Å². The lowest BCUT2D eigenvalue weighted by atomic mass is 9.92. The Morgan fingerprint density at radius 2 is 2.04 bits per heavy atom. The second-order valence-corrected chi connectivity index (χ2v) is 7.09. The summed E-state index contributed by atoms with van der Waals surface area (Å²) in [6.45, 7) is 5.69. The van der Waals surface area contributed by atoms with Crippen molar-refractivity contribution < 1.29 is 9.21 Å². The zero-order chi connectivity index (χ0) is 17.8. The third-order valence-corrected chi connectivity index (χ3v) is 5.00. The number of hydrogen-bond acceptors (Lipinski definition) is 4. The number of amides is 1. The van der Waals surface area contributed by atoms with Gasteiger partial charge in [0.05, 0.1) is 6.20 Å². The second kappa shape index (κ2) is 10.7. The fourth-order valence-corrected chi connectivity index (χ4v) is 3.31. The zero-order valence-corrected chi connectivity index (χ0v) is 17.5. The monoisotopic (exact) mass is 413 g/mol. The van der Waals surface area contributed by atoms with Crippen LogP contribution in [0.4, 0.5) is 0 Å². The maximum atomic E-state index is 12.5. The Bertz CT molecular complexity index is 716. The molecule has 0 bridgehead atoms. The molecule has 2 heterocycles. The summed E-state index contributed by atoms with van der Waals surface area (Å²) in [6.07, 6.45) is 4.84. The molecule has 3 rings (SSSR count). The van der Waals surface area contributed by atoms with Gasteiger partial charge >= 0.3 is 0 Å². The van der Waals surface area contributed by atoms with Gasteiger partial charge in [-0.2, -0.15) is 0 Å². The summed E-state index contributed by atoms with van der Waals surface area (Å²) < 4.78 is 5.80. The topological polar surface area (TPSA) is 72.4 Å². The molecule has 2 aromatic rings. The van der Waals surface area contributed by atoms with Gasteiger partial charge in [0.15, 0.2) is 11.7 Å². The van der Waals surface area contributed by atoms with E-state index in [1.807, 2.05) is 36.1 Å². The molecule has 5 nitrogen and oxygen atoms in total. The largest absolute Gasteiger partial charge is 0.441 e. The summed E-state index contributed by atoms with van der Waals surface area (Å²) in [6, 6.07) is 8.28. The third kappa shape index (κ3) is 6.23. The van der Waals surface area contributed by atoms with E-state index in [4.69, 9.17) is 10.2 Å². The predicted octanol–water partition coefficient (Wildman–Crippen LogP) is 4.01. The molecule has 1 aliphatic rings. The number of nitrogens with two attached hydrogens (primary N) is 1. The van der Waals surface area contributed by atoms with Crippen LogP contribution in [0.1, 0.15) is 37.6 Å². The fourth-order valence-electron chi connectivity index (χ4n) is 3.31. The molecule has 1 amide bonds. The number of carbonyl (C=O) groups is 1. The Morgan fingerprint density at radius 1 is 1.33 bits per heavy atom. The molecule has 2 N–H and O–H groups in total. The quantitative estimate of drug-likeness (QED) is 0.803. The van der Waals surface area contributed by atoms with Gasteiger partial charge in [-0.15, -0.1) is 24.8 Å². The first-order valence-corrected chi connectivity index (χ1v) is 9.08. The number of aryl methyl sites for hydroxylation is 2. The summed E-state index contributed by atoms with van der Waals surface area (Å²) >= 11 is 0. The number of rotatable bonds is 5. The number of carbonyl (C=O) groups excluding carboxylic acids is 1. The molecular formula is C20H29Cl2N3O2. The lowest BCUT2D eigenvalue weighted by molar-refractivity contribution is -0.133. The number of piperidine rings is 1. The summed E-state index contributed by atoms with van der Waals surface area (Å²) in [5, 5.41) is 0. The predicted molar refractivity (Wildman–Crippen MR) is 112 cm³/mol. The van der Waals surface area contributed by atoms with Gasteiger partial charge in [0.2, 0.25) is 5.91 Å². The Balaban J connectivity index is 0.00000182. The molecule has 1 aromatic heterocycles. The van der Waals surface area contributed by atoms with Gasteiger partial charge in [-0.3, -0.25) is 4.79 Å². The van der Waals surface area contributed by atoms with Crippen molar-refractivity contribution in [3.05, 3.63) is 41.9 Å². The van der Waals surface area contributed by atoms with Gasteiger partial charge in [0.25, 0.3) is 0 Å². The highest BCUT2D eigenvalue weighted by Gasteiger charge is 2.25. The van der Waals surface area contributed by atoms with Crippen molar-refractivity contribution in [3.8, 4) is 11.3 Å². The first-order valence-electron chi connectivity index (χ1n) is 9.08. The molecule has 150 valence electrons. The minimum absolute atomic E-state index is 0. The highest BCUT2D eigenvalue weighted by molar-refractivity contribution is 5.85. The van der Waals surface area contributed by atoms with Crippen LogP contribution in [0.15, 0.2) is 34.9 Å². The van der Waals surface area contributed by atoms with Crippen LogP contribution >= 0.6 is 24.8 Å². The van der Waals surface area contributed by atoms with Crippen LogP contribution < -0.4 is 5.73 Å². The van der Waals surface area contributed by atoms with Crippen LogP contribution in [0, 0.1) is 12.8 Å². The molecule has 7 heteroatoms. The van der Waals surface area contributed by atoms with Crippen molar-refractivity contribution in [1.29, 1.82) is 0 Å². The van der Waals surface area contributed by atoms with E-state index in [0.29, 0.717) is 24.7 Å². The van der Waals surface area contributed by atoms with Crippen molar-refractivity contribution in [2.24, 2.45) is 11.7 Å². The van der Waals surface area contributed by atoms with E-state index in [9.17, 15) is 4.79 Å². The number of benzene rings is 1. The minimum Gasteiger partial charge on any atom is -0.441 e. The average molecular weight is 414 g/mol. The Kier molecular flexibility index (Phi) is 9.30.